The Balaban J connectivity index is 2.41. The second-order valence-corrected chi connectivity index (χ2v) is 6.74. The molecule has 1 atom stereocenters. The highest BCUT2D eigenvalue weighted by Crippen LogP contribution is 2.31. The molecule has 0 aliphatic rings. The van der Waals surface area contributed by atoms with Gasteiger partial charge in [-0.25, -0.2) is 8.78 Å². The van der Waals surface area contributed by atoms with Crippen LogP contribution in [-0.4, -0.2) is 21.6 Å². The Morgan fingerprint density at radius 3 is 2.19 bits per heavy atom. The van der Waals surface area contributed by atoms with E-state index in [9.17, 15) is 26.7 Å². The molecule has 1 amide bonds. The molecule has 1 N–H and O–H groups in total. The van der Waals surface area contributed by atoms with Crippen LogP contribution in [0.25, 0.3) is 0 Å². The van der Waals surface area contributed by atoms with Gasteiger partial charge < -0.3 is 5.32 Å². The fourth-order valence-corrected chi connectivity index (χ4v) is 2.79. The van der Waals surface area contributed by atoms with Gasteiger partial charge >= 0.3 is 6.18 Å². The predicted molar refractivity (Wildman–Crippen MR) is 99.8 cm³/mol. The van der Waals surface area contributed by atoms with Crippen molar-refractivity contribution >= 4 is 11.7 Å². The molecule has 0 aliphatic heterocycles. The number of nitrogens with one attached hydrogen (secondary N) is 1. The number of hydrogen-bond donors (Lipinski definition) is 1. The number of benzene rings is 1. The van der Waals surface area contributed by atoms with Crippen molar-refractivity contribution in [1.29, 1.82) is 10.5 Å². The fourth-order valence-electron chi connectivity index (χ4n) is 2.79. The number of aryl methyl sites for hydroxylation is 1. The number of nitriles is 2. The first-order valence-corrected chi connectivity index (χ1v) is 8.77. The molecule has 0 saturated carbocycles. The van der Waals surface area contributed by atoms with Crippen LogP contribution in [0.1, 0.15) is 41.6 Å². The summed E-state index contributed by atoms with van der Waals surface area (Å²) in [5, 5.41) is 24.1. The average Bonchev–Trinajstić information content (AvgIpc) is 3.04. The summed E-state index contributed by atoms with van der Waals surface area (Å²) in [6.45, 7) is 0.648. The van der Waals surface area contributed by atoms with E-state index in [0.717, 1.165) is 13.1 Å². The first-order chi connectivity index (χ1) is 14.3. The third kappa shape index (κ3) is 6.37. The Labute approximate surface area is 174 Å². The first-order valence-electron chi connectivity index (χ1n) is 8.77. The number of hydrogen-bond acceptors (Lipinski definition) is 4. The smallest absolute Gasteiger partial charge is 0.309 e. The normalized spacial score (nSPS) is 12.9. The summed E-state index contributed by atoms with van der Waals surface area (Å²) < 4.78 is 65.7. The minimum absolute atomic E-state index is 0.0637. The maximum Gasteiger partial charge on any atom is 0.433 e. The number of aromatic nitrogens is 2. The fraction of sp³-hybridized carbons (Fsp3) is 0.300. The van der Waals surface area contributed by atoms with Gasteiger partial charge in [-0.15, -0.1) is 0 Å². The molecule has 6 nitrogen and oxygen atoms in total. The van der Waals surface area contributed by atoms with Crippen molar-refractivity contribution in [1.82, 2.24) is 9.78 Å². The van der Waals surface area contributed by atoms with E-state index in [1.54, 1.807) is 0 Å². The summed E-state index contributed by atoms with van der Waals surface area (Å²) in [5.41, 5.74) is -0.796. The minimum Gasteiger partial charge on any atom is -0.309 e. The summed E-state index contributed by atoms with van der Waals surface area (Å²) in [5.74, 6) is -5.53. The third-order valence-electron chi connectivity index (χ3n) is 4.14. The number of allylic oxidation sites excluding steroid dienone is 2. The largest absolute Gasteiger partial charge is 0.433 e. The molecule has 2 aromatic rings. The molecular formula is C20H16F5N5O. The summed E-state index contributed by atoms with van der Waals surface area (Å²) in [6, 6.07) is 8.20. The number of halogens is 5. The lowest BCUT2D eigenvalue weighted by Crippen LogP contribution is -2.21. The minimum atomic E-state index is -4.69. The van der Waals surface area contributed by atoms with Gasteiger partial charge in [-0.1, -0.05) is 6.08 Å². The van der Waals surface area contributed by atoms with Gasteiger partial charge in [-0.05, 0) is 36.3 Å². The van der Waals surface area contributed by atoms with Gasteiger partial charge in [0.2, 0.25) is 5.91 Å². The van der Waals surface area contributed by atoms with E-state index in [1.165, 1.54) is 18.2 Å². The van der Waals surface area contributed by atoms with Crippen LogP contribution in [0.5, 0.6) is 0 Å². The van der Waals surface area contributed by atoms with Crippen LogP contribution < -0.4 is 5.32 Å². The topological polar surface area (TPSA) is 94.5 Å². The molecule has 31 heavy (non-hydrogen) atoms. The molecule has 0 fully saturated rings. The first kappa shape index (κ1) is 23.5. The van der Waals surface area contributed by atoms with Crippen LogP contribution in [-0.2, 0) is 18.0 Å². The van der Waals surface area contributed by atoms with Crippen LogP contribution in [0.4, 0.5) is 27.8 Å². The monoisotopic (exact) mass is 437 g/mol. The zero-order valence-electron chi connectivity index (χ0n) is 16.3. The molecule has 0 spiro atoms. The van der Waals surface area contributed by atoms with Gasteiger partial charge in [0.1, 0.15) is 5.69 Å². The Morgan fingerprint density at radius 2 is 1.74 bits per heavy atom. The SMILES string of the molecule is Cn1nc(NC(=O)[C@@H](C/C=C\C(C)(F)F)c2cc(C#N)cc(C#N)c2)cc1C(F)(F)F. The highest BCUT2D eigenvalue weighted by molar-refractivity contribution is 5.95. The number of rotatable bonds is 6. The van der Waals surface area contributed by atoms with Crippen LogP contribution in [0, 0.1) is 22.7 Å². The highest BCUT2D eigenvalue weighted by Gasteiger charge is 2.35. The van der Waals surface area contributed by atoms with E-state index in [-0.39, 0.29) is 28.9 Å². The second kappa shape index (κ2) is 8.96. The molecule has 2 rings (SSSR count). The molecule has 0 bridgehead atoms. The van der Waals surface area contributed by atoms with Crippen LogP contribution >= 0.6 is 0 Å². The number of amides is 1. The number of alkyl halides is 5. The standard InChI is InChI=1S/C20H16F5N5O/c1-19(21,22)5-3-4-15(14-7-12(10-26)6-13(8-14)11-27)18(31)28-17-9-16(20(23,24)25)30(2)29-17/h3,5-9,15H,4H2,1-2H3,(H,28,29,31)/b5-3-/t15-/m0/s1. The number of nitrogens with zero attached hydrogens (tertiary/aromatic N) is 4. The van der Waals surface area contributed by atoms with E-state index < -0.39 is 29.6 Å². The Hall–Kier alpha value is -3.73. The van der Waals surface area contributed by atoms with Crippen LogP contribution in [0.3, 0.4) is 0 Å². The number of carbonyl (C=O) groups is 1. The summed E-state index contributed by atoms with van der Waals surface area (Å²) in [4.78, 5) is 12.8. The van der Waals surface area contributed by atoms with E-state index >= 15 is 0 Å². The maximum absolute atomic E-state index is 13.1. The van der Waals surface area contributed by atoms with Crippen molar-refractivity contribution in [3.63, 3.8) is 0 Å². The highest BCUT2D eigenvalue weighted by atomic mass is 19.4. The van der Waals surface area contributed by atoms with Crippen molar-refractivity contribution in [2.45, 2.75) is 31.4 Å². The molecule has 1 aromatic heterocycles. The molecule has 1 heterocycles. The lowest BCUT2D eigenvalue weighted by atomic mass is 9.91. The second-order valence-electron chi connectivity index (χ2n) is 6.74. The van der Waals surface area contributed by atoms with Crippen LogP contribution in [0.2, 0.25) is 0 Å². The molecule has 1 aromatic carbocycles. The maximum atomic E-state index is 13.1. The number of anilines is 1. The molecule has 0 aliphatic carbocycles. The van der Waals surface area contributed by atoms with Crippen LogP contribution in [0.15, 0.2) is 36.4 Å². The molecule has 162 valence electrons. The van der Waals surface area contributed by atoms with Crippen molar-refractivity contribution in [3.8, 4) is 12.1 Å². The van der Waals surface area contributed by atoms with Crippen molar-refractivity contribution in [3.05, 3.63) is 58.8 Å². The van der Waals surface area contributed by atoms with Gasteiger partial charge in [-0.3, -0.25) is 9.48 Å². The molecule has 11 heteroatoms. The molecule has 0 radical (unpaired) electrons. The molecule has 0 unspecified atom stereocenters. The quantitative estimate of drug-likeness (QED) is 0.532. The van der Waals surface area contributed by atoms with E-state index in [0.29, 0.717) is 23.7 Å². The molecular weight excluding hydrogens is 421 g/mol. The van der Waals surface area contributed by atoms with E-state index in [4.69, 9.17) is 10.5 Å². The third-order valence-corrected chi connectivity index (χ3v) is 4.14. The van der Waals surface area contributed by atoms with E-state index in [2.05, 4.69) is 10.4 Å². The van der Waals surface area contributed by atoms with Gasteiger partial charge in [-0.2, -0.15) is 28.8 Å². The summed E-state index contributed by atoms with van der Waals surface area (Å²) in [7, 11) is 1.05. The lowest BCUT2D eigenvalue weighted by molar-refractivity contribution is -0.143. The van der Waals surface area contributed by atoms with Crippen molar-refractivity contribution in [2.75, 3.05) is 5.32 Å². The zero-order valence-corrected chi connectivity index (χ0v) is 16.3. The molecule has 0 saturated heterocycles. The Bertz CT molecular complexity index is 1050. The Kier molecular flexibility index (Phi) is 6.81. The summed E-state index contributed by atoms with van der Waals surface area (Å²) >= 11 is 0. The van der Waals surface area contributed by atoms with Crippen molar-refractivity contribution < 1.29 is 26.7 Å². The lowest BCUT2D eigenvalue weighted by Gasteiger charge is -2.16. The van der Waals surface area contributed by atoms with Crippen molar-refractivity contribution in [2.24, 2.45) is 7.05 Å². The average molecular weight is 437 g/mol. The number of carbonyl (C=O) groups excluding carboxylic acids is 1. The predicted octanol–water partition coefficient (Wildman–Crippen LogP) is 4.51. The van der Waals surface area contributed by atoms with Gasteiger partial charge in [0, 0.05) is 20.0 Å². The van der Waals surface area contributed by atoms with Gasteiger partial charge in [0.25, 0.3) is 5.92 Å². The van der Waals surface area contributed by atoms with E-state index in [1.807, 2.05) is 12.1 Å². The van der Waals surface area contributed by atoms with Gasteiger partial charge in [0.05, 0.1) is 29.2 Å². The van der Waals surface area contributed by atoms with Gasteiger partial charge in [0.15, 0.2) is 5.82 Å². The summed E-state index contributed by atoms with van der Waals surface area (Å²) in [6.07, 6.45) is -3.32. The zero-order chi connectivity index (χ0) is 23.4. The Morgan fingerprint density at radius 1 is 1.16 bits per heavy atom.